The van der Waals surface area contributed by atoms with Gasteiger partial charge in [-0.15, -0.1) is 0 Å². The van der Waals surface area contributed by atoms with Crippen molar-refractivity contribution in [1.29, 1.82) is 0 Å². The summed E-state index contributed by atoms with van der Waals surface area (Å²) in [4.78, 5) is 8.50. The Balaban J connectivity index is 2.02. The number of halogens is 1. The second-order valence-corrected chi connectivity index (χ2v) is 8.80. The summed E-state index contributed by atoms with van der Waals surface area (Å²) < 4.78 is 28.4. The molecule has 0 amide bonds. The number of rotatable bonds is 3. The van der Waals surface area contributed by atoms with Crippen LogP contribution in [0.1, 0.15) is 38.1 Å². The van der Waals surface area contributed by atoms with Crippen LogP contribution in [0.3, 0.4) is 0 Å². The molecule has 0 atom stereocenters. The first-order valence-corrected chi connectivity index (χ1v) is 10.5. The first kappa shape index (κ1) is 17.3. The molecule has 8 heteroatoms. The van der Waals surface area contributed by atoms with Crippen LogP contribution in [0.2, 0.25) is 5.15 Å². The molecular weight excluding hydrogens is 372 g/mol. The van der Waals surface area contributed by atoms with E-state index >= 15 is 0 Å². The molecule has 6 nitrogen and oxygen atoms in total. The highest BCUT2D eigenvalue weighted by Gasteiger charge is 2.32. The summed E-state index contributed by atoms with van der Waals surface area (Å²) in [5.41, 5.74) is 7.19. The molecule has 0 bridgehead atoms. The molecule has 1 aliphatic rings. The number of nitrogens with zero attached hydrogens (tertiary/aromatic N) is 3. The largest absolute Gasteiger partial charge is 0.384 e. The zero-order valence-electron chi connectivity index (χ0n) is 14.1. The number of benzene rings is 1. The average Bonchev–Trinajstić information content (AvgIpc) is 2.97. The maximum absolute atomic E-state index is 13.3. The standard InChI is InChI=1S/C18H19ClN4O2S/c19-17-15-14(21-11-22-17)16(26(24,25)13-9-5-2-6-10-13)18(20)23(15)12-7-3-1-4-8-12/h2,5-6,9-12H,1,3-4,7-8,20H2. The maximum Gasteiger partial charge on any atom is 0.212 e. The van der Waals surface area contributed by atoms with Gasteiger partial charge in [0.25, 0.3) is 0 Å². The van der Waals surface area contributed by atoms with E-state index in [-0.39, 0.29) is 32.3 Å². The van der Waals surface area contributed by atoms with Gasteiger partial charge in [-0.25, -0.2) is 18.4 Å². The molecule has 4 rings (SSSR count). The van der Waals surface area contributed by atoms with Crippen LogP contribution in [0, 0.1) is 0 Å². The molecule has 0 radical (unpaired) electrons. The maximum atomic E-state index is 13.3. The number of nitrogen functional groups attached to an aromatic ring is 1. The number of anilines is 1. The van der Waals surface area contributed by atoms with Gasteiger partial charge in [0.2, 0.25) is 9.84 Å². The fourth-order valence-corrected chi connectivity index (χ4v) is 5.54. The quantitative estimate of drug-likeness (QED) is 0.682. The molecule has 2 heterocycles. The van der Waals surface area contributed by atoms with E-state index in [0.717, 1.165) is 25.7 Å². The van der Waals surface area contributed by atoms with Crippen molar-refractivity contribution in [2.75, 3.05) is 5.73 Å². The predicted molar refractivity (Wildman–Crippen MR) is 101 cm³/mol. The van der Waals surface area contributed by atoms with Crippen molar-refractivity contribution < 1.29 is 8.42 Å². The van der Waals surface area contributed by atoms with E-state index in [0.29, 0.717) is 5.52 Å². The third kappa shape index (κ3) is 2.66. The van der Waals surface area contributed by atoms with Crippen LogP contribution in [-0.4, -0.2) is 23.0 Å². The van der Waals surface area contributed by atoms with Crippen molar-refractivity contribution in [3.8, 4) is 0 Å². The number of hydrogen-bond donors (Lipinski definition) is 1. The fourth-order valence-electron chi connectivity index (χ4n) is 3.79. The van der Waals surface area contributed by atoms with E-state index in [1.165, 1.54) is 12.7 Å². The van der Waals surface area contributed by atoms with Crippen LogP contribution >= 0.6 is 11.6 Å². The van der Waals surface area contributed by atoms with Gasteiger partial charge in [-0.2, -0.15) is 0 Å². The van der Waals surface area contributed by atoms with Gasteiger partial charge in [-0.1, -0.05) is 49.1 Å². The van der Waals surface area contributed by atoms with E-state index in [2.05, 4.69) is 9.97 Å². The molecule has 136 valence electrons. The number of hydrogen-bond acceptors (Lipinski definition) is 5. The third-order valence-corrected chi connectivity index (χ3v) is 7.10. The summed E-state index contributed by atoms with van der Waals surface area (Å²) in [5, 5.41) is 0.224. The first-order chi connectivity index (χ1) is 12.5. The van der Waals surface area contributed by atoms with E-state index in [9.17, 15) is 8.42 Å². The van der Waals surface area contributed by atoms with E-state index in [4.69, 9.17) is 17.3 Å². The smallest absolute Gasteiger partial charge is 0.212 e. The number of aromatic nitrogens is 3. The molecule has 2 N–H and O–H groups in total. The van der Waals surface area contributed by atoms with E-state index in [1.54, 1.807) is 30.3 Å². The van der Waals surface area contributed by atoms with Gasteiger partial charge in [0.15, 0.2) is 5.15 Å². The molecular formula is C18H19ClN4O2S. The van der Waals surface area contributed by atoms with Gasteiger partial charge < -0.3 is 10.3 Å². The third-order valence-electron chi connectivity index (χ3n) is 4.99. The predicted octanol–water partition coefficient (Wildman–Crippen LogP) is 4.00. The Bertz CT molecular complexity index is 1060. The fraction of sp³-hybridized carbons (Fsp3) is 0.333. The summed E-state index contributed by atoms with van der Waals surface area (Å²) in [6.45, 7) is 0. The monoisotopic (exact) mass is 390 g/mol. The zero-order chi connectivity index (χ0) is 18.3. The summed E-state index contributed by atoms with van der Waals surface area (Å²) >= 11 is 6.34. The lowest BCUT2D eigenvalue weighted by Crippen LogP contribution is -2.16. The second-order valence-electron chi connectivity index (χ2n) is 6.55. The lowest BCUT2D eigenvalue weighted by atomic mass is 9.95. The first-order valence-electron chi connectivity index (χ1n) is 8.62. The van der Waals surface area contributed by atoms with Gasteiger partial charge in [0, 0.05) is 6.04 Å². The highest BCUT2D eigenvalue weighted by atomic mass is 35.5. The van der Waals surface area contributed by atoms with Gasteiger partial charge in [0.1, 0.15) is 28.1 Å². The Morgan fingerprint density at radius 1 is 1.08 bits per heavy atom. The molecule has 1 saturated carbocycles. The van der Waals surface area contributed by atoms with Crippen molar-refractivity contribution in [3.05, 3.63) is 41.8 Å². The van der Waals surface area contributed by atoms with Gasteiger partial charge in [-0.3, -0.25) is 0 Å². The van der Waals surface area contributed by atoms with Crippen molar-refractivity contribution in [3.63, 3.8) is 0 Å². The summed E-state index contributed by atoms with van der Waals surface area (Å²) in [6, 6.07) is 8.36. The number of nitrogens with two attached hydrogens (primary N) is 1. The topological polar surface area (TPSA) is 90.9 Å². The van der Waals surface area contributed by atoms with Crippen LogP contribution in [0.5, 0.6) is 0 Å². The summed E-state index contributed by atoms with van der Waals surface area (Å²) in [6.07, 6.45) is 6.48. The van der Waals surface area contributed by atoms with Gasteiger partial charge in [-0.05, 0) is 25.0 Å². The van der Waals surface area contributed by atoms with Crippen molar-refractivity contribution in [2.24, 2.45) is 0 Å². The van der Waals surface area contributed by atoms with Gasteiger partial charge >= 0.3 is 0 Å². The lowest BCUT2D eigenvalue weighted by molar-refractivity contribution is 0.363. The van der Waals surface area contributed by atoms with E-state index < -0.39 is 9.84 Å². The van der Waals surface area contributed by atoms with Gasteiger partial charge in [0.05, 0.1) is 4.90 Å². The van der Waals surface area contributed by atoms with Crippen LogP contribution in [0.4, 0.5) is 5.82 Å². The average molecular weight is 391 g/mol. The van der Waals surface area contributed by atoms with Crippen molar-refractivity contribution >= 4 is 38.3 Å². The highest BCUT2D eigenvalue weighted by molar-refractivity contribution is 7.92. The van der Waals surface area contributed by atoms with E-state index in [1.807, 2.05) is 4.57 Å². The molecule has 2 aromatic heterocycles. The van der Waals surface area contributed by atoms with Crippen LogP contribution < -0.4 is 5.73 Å². The minimum Gasteiger partial charge on any atom is -0.384 e. The number of fused-ring (bicyclic) bond motifs is 1. The van der Waals surface area contributed by atoms with Crippen molar-refractivity contribution in [1.82, 2.24) is 14.5 Å². The summed E-state index contributed by atoms with van der Waals surface area (Å²) in [7, 11) is -3.83. The van der Waals surface area contributed by atoms with Crippen LogP contribution in [0.25, 0.3) is 11.0 Å². The normalized spacial score (nSPS) is 16.2. The zero-order valence-corrected chi connectivity index (χ0v) is 15.7. The molecule has 0 spiro atoms. The molecule has 1 fully saturated rings. The second kappa shape index (κ2) is 6.55. The molecule has 26 heavy (non-hydrogen) atoms. The molecule has 0 saturated heterocycles. The minimum atomic E-state index is -3.83. The Morgan fingerprint density at radius 3 is 2.46 bits per heavy atom. The van der Waals surface area contributed by atoms with Crippen molar-refractivity contribution in [2.45, 2.75) is 47.9 Å². The Kier molecular flexibility index (Phi) is 4.36. The molecule has 0 unspecified atom stereocenters. The Morgan fingerprint density at radius 2 is 1.77 bits per heavy atom. The molecule has 1 aromatic carbocycles. The highest BCUT2D eigenvalue weighted by Crippen LogP contribution is 2.42. The minimum absolute atomic E-state index is 0.0218. The molecule has 1 aliphatic carbocycles. The Hall–Kier alpha value is -2.12. The van der Waals surface area contributed by atoms with Crippen LogP contribution in [0.15, 0.2) is 46.5 Å². The Labute approximate surface area is 156 Å². The molecule has 3 aromatic rings. The SMILES string of the molecule is Nc1c(S(=O)(=O)c2ccccc2)c2ncnc(Cl)c2n1C1CCCCC1. The summed E-state index contributed by atoms with van der Waals surface area (Å²) in [5.74, 6) is 0.193. The molecule has 0 aliphatic heterocycles. The lowest BCUT2D eigenvalue weighted by Gasteiger charge is -2.25. The van der Waals surface area contributed by atoms with Crippen LogP contribution in [-0.2, 0) is 9.84 Å². The number of sulfone groups is 1.